The number of nitrogens with zero attached hydrogens (tertiary/aromatic N) is 5. The molecule has 0 atom stereocenters. The van der Waals surface area contributed by atoms with E-state index in [0.29, 0.717) is 28.1 Å². The van der Waals surface area contributed by atoms with E-state index in [1.165, 1.54) is 47.0 Å². The van der Waals surface area contributed by atoms with Crippen molar-refractivity contribution >= 4 is 22.8 Å². The van der Waals surface area contributed by atoms with Crippen molar-refractivity contribution in [1.29, 1.82) is 0 Å². The topological polar surface area (TPSA) is 85.7 Å². The number of hydrogen-bond donors (Lipinski definition) is 1. The van der Waals surface area contributed by atoms with Crippen molar-refractivity contribution in [2.45, 2.75) is 6.54 Å². The van der Waals surface area contributed by atoms with Crippen molar-refractivity contribution in [2.75, 3.05) is 5.32 Å². The molecule has 31 heavy (non-hydrogen) atoms. The molecule has 2 aromatic carbocycles. The Morgan fingerprint density at radius 2 is 1.61 bits per heavy atom. The molecule has 8 nitrogen and oxygen atoms in total. The molecule has 154 valence electrons. The van der Waals surface area contributed by atoms with Crippen LogP contribution in [0.2, 0.25) is 0 Å². The molecule has 0 aliphatic heterocycles. The maximum Gasteiger partial charge on any atom is 0.350 e. The molecule has 3 heterocycles. The van der Waals surface area contributed by atoms with Gasteiger partial charge in [0.1, 0.15) is 23.7 Å². The zero-order valence-electron chi connectivity index (χ0n) is 15.9. The van der Waals surface area contributed by atoms with E-state index in [9.17, 15) is 18.4 Å². The minimum atomic E-state index is -0.490. The first-order valence-corrected chi connectivity index (χ1v) is 9.27. The summed E-state index contributed by atoms with van der Waals surface area (Å²) in [5, 5.41) is 11.3. The van der Waals surface area contributed by atoms with Crippen LogP contribution in [-0.4, -0.2) is 29.7 Å². The third kappa shape index (κ3) is 3.44. The summed E-state index contributed by atoms with van der Waals surface area (Å²) in [5.41, 5.74) is 2.09. The highest BCUT2D eigenvalue weighted by molar-refractivity contribution is 5.90. The van der Waals surface area contributed by atoms with Gasteiger partial charge in [-0.05, 0) is 54.6 Å². The van der Waals surface area contributed by atoms with Gasteiger partial charge in [-0.15, -0.1) is 5.10 Å². The average molecular weight is 420 g/mol. The van der Waals surface area contributed by atoms with Gasteiger partial charge in [-0.2, -0.15) is 5.10 Å². The number of rotatable bonds is 4. The Morgan fingerprint density at radius 3 is 2.32 bits per heavy atom. The fourth-order valence-corrected chi connectivity index (χ4v) is 3.27. The molecule has 0 radical (unpaired) electrons. The van der Waals surface area contributed by atoms with Crippen LogP contribution < -0.4 is 11.0 Å². The highest BCUT2D eigenvalue weighted by Crippen LogP contribution is 2.21. The fourth-order valence-electron chi connectivity index (χ4n) is 3.27. The van der Waals surface area contributed by atoms with Crippen molar-refractivity contribution < 1.29 is 13.6 Å². The number of fused-ring (bicyclic) bond motifs is 3. The van der Waals surface area contributed by atoms with Crippen molar-refractivity contribution in [1.82, 2.24) is 23.8 Å². The molecular weight excluding hydrogens is 406 g/mol. The van der Waals surface area contributed by atoms with Gasteiger partial charge in [0.2, 0.25) is 5.91 Å². The van der Waals surface area contributed by atoms with Gasteiger partial charge in [0.05, 0.1) is 5.69 Å². The molecular formula is C21H14F2N6O2. The molecule has 0 saturated carbocycles. The van der Waals surface area contributed by atoms with Gasteiger partial charge in [-0.25, -0.2) is 27.2 Å². The monoisotopic (exact) mass is 420 g/mol. The molecule has 1 N–H and O–H groups in total. The van der Waals surface area contributed by atoms with Gasteiger partial charge in [0.25, 0.3) is 0 Å². The van der Waals surface area contributed by atoms with E-state index in [1.807, 2.05) is 0 Å². The van der Waals surface area contributed by atoms with E-state index in [0.717, 1.165) is 4.68 Å². The Kier molecular flexibility index (Phi) is 4.32. The molecule has 0 bridgehead atoms. The molecule has 0 fully saturated rings. The molecule has 3 aromatic heterocycles. The summed E-state index contributed by atoms with van der Waals surface area (Å²) in [6.07, 6.45) is 3.11. The van der Waals surface area contributed by atoms with Gasteiger partial charge in [-0.3, -0.25) is 4.79 Å². The number of aromatic nitrogens is 5. The van der Waals surface area contributed by atoms with Crippen LogP contribution in [0.25, 0.3) is 22.4 Å². The summed E-state index contributed by atoms with van der Waals surface area (Å²) in [6.45, 7) is -0.316. The van der Waals surface area contributed by atoms with Gasteiger partial charge in [0, 0.05) is 23.6 Å². The Labute approximate surface area is 173 Å². The minimum absolute atomic E-state index is 0.316. The summed E-state index contributed by atoms with van der Waals surface area (Å²) in [4.78, 5) is 25.0. The Morgan fingerprint density at radius 1 is 0.935 bits per heavy atom. The van der Waals surface area contributed by atoms with Crippen LogP contribution in [-0.2, 0) is 11.3 Å². The number of hydrogen-bond acceptors (Lipinski definition) is 4. The normalized spacial score (nSPS) is 11.3. The Hall–Kier alpha value is -4.34. The minimum Gasteiger partial charge on any atom is -0.324 e. The predicted octanol–water partition coefficient (Wildman–Crippen LogP) is 2.73. The predicted molar refractivity (Wildman–Crippen MR) is 109 cm³/mol. The van der Waals surface area contributed by atoms with Crippen molar-refractivity contribution in [3.8, 4) is 11.3 Å². The van der Waals surface area contributed by atoms with Crippen LogP contribution in [0.1, 0.15) is 0 Å². The second kappa shape index (κ2) is 7.17. The lowest BCUT2D eigenvalue weighted by molar-refractivity contribution is -0.117. The first kappa shape index (κ1) is 18.7. The number of halogens is 2. The molecule has 5 rings (SSSR count). The molecule has 5 aromatic rings. The number of carbonyl (C=O) groups is 1. The second-order valence-electron chi connectivity index (χ2n) is 6.85. The summed E-state index contributed by atoms with van der Waals surface area (Å²) >= 11 is 0. The van der Waals surface area contributed by atoms with Gasteiger partial charge >= 0.3 is 5.69 Å². The molecule has 0 aliphatic carbocycles. The van der Waals surface area contributed by atoms with Gasteiger partial charge < -0.3 is 5.32 Å². The average Bonchev–Trinajstić information content (AvgIpc) is 3.32. The van der Waals surface area contributed by atoms with Crippen molar-refractivity contribution in [3.05, 3.63) is 89.1 Å². The van der Waals surface area contributed by atoms with Crippen LogP contribution in [0.5, 0.6) is 0 Å². The first-order chi connectivity index (χ1) is 15.0. The van der Waals surface area contributed by atoms with Crippen LogP contribution in [0.3, 0.4) is 0 Å². The zero-order valence-corrected chi connectivity index (χ0v) is 15.9. The van der Waals surface area contributed by atoms with Crippen LogP contribution in [0, 0.1) is 11.6 Å². The molecule has 0 unspecified atom stereocenters. The van der Waals surface area contributed by atoms with E-state index in [1.54, 1.807) is 28.9 Å². The van der Waals surface area contributed by atoms with Gasteiger partial charge in [-0.1, -0.05) is 0 Å². The lowest BCUT2D eigenvalue weighted by Crippen LogP contribution is -2.28. The largest absolute Gasteiger partial charge is 0.350 e. The molecule has 0 aliphatic rings. The quantitative estimate of drug-likeness (QED) is 0.485. The van der Waals surface area contributed by atoms with Crippen LogP contribution >= 0.6 is 0 Å². The smallest absolute Gasteiger partial charge is 0.324 e. The third-order valence-corrected chi connectivity index (χ3v) is 4.75. The highest BCUT2D eigenvalue weighted by atomic mass is 19.1. The Balaban J connectivity index is 1.48. The van der Waals surface area contributed by atoms with Crippen molar-refractivity contribution in [2.24, 2.45) is 0 Å². The molecule has 0 saturated heterocycles. The summed E-state index contributed by atoms with van der Waals surface area (Å²) in [7, 11) is 0. The van der Waals surface area contributed by atoms with Crippen molar-refractivity contribution in [3.63, 3.8) is 0 Å². The number of nitrogens with one attached hydrogen (secondary N) is 1. The number of anilines is 1. The number of benzene rings is 2. The maximum absolute atomic E-state index is 13.2. The first-order valence-electron chi connectivity index (χ1n) is 9.27. The van der Waals surface area contributed by atoms with E-state index < -0.39 is 17.4 Å². The molecule has 1 amide bonds. The van der Waals surface area contributed by atoms with Crippen LogP contribution in [0.15, 0.2) is 71.8 Å². The van der Waals surface area contributed by atoms with E-state index in [2.05, 4.69) is 15.5 Å². The molecule has 10 heteroatoms. The summed E-state index contributed by atoms with van der Waals surface area (Å²) in [5.74, 6) is -1.24. The van der Waals surface area contributed by atoms with Crippen LogP contribution in [0.4, 0.5) is 14.5 Å². The maximum atomic E-state index is 13.2. The fraction of sp³-hybridized carbons (Fsp3) is 0.0476. The lowest BCUT2D eigenvalue weighted by atomic mass is 10.1. The highest BCUT2D eigenvalue weighted by Gasteiger charge is 2.15. The lowest BCUT2D eigenvalue weighted by Gasteiger charge is -2.04. The van der Waals surface area contributed by atoms with E-state index in [-0.39, 0.29) is 12.4 Å². The SMILES string of the molecule is O=C(Cn1nc2c3cc(-c4ccc(F)cc4)nn3ccn2c1=O)Nc1ccc(F)cc1. The van der Waals surface area contributed by atoms with E-state index in [4.69, 9.17) is 0 Å². The third-order valence-electron chi connectivity index (χ3n) is 4.75. The number of carbonyl (C=O) groups excluding carboxylic acids is 1. The zero-order chi connectivity index (χ0) is 21.5. The van der Waals surface area contributed by atoms with Gasteiger partial charge in [0.15, 0.2) is 5.65 Å². The molecule has 0 spiro atoms. The van der Waals surface area contributed by atoms with E-state index >= 15 is 0 Å². The Bertz CT molecular complexity index is 1480. The number of amides is 1. The standard InChI is InChI=1S/C21H14F2N6O2/c22-14-3-1-13(2-4-14)17-11-18-20-26-29(21(31)27(20)9-10-28(18)25-17)12-19(30)24-16-7-5-15(23)6-8-16/h1-11H,12H2,(H,24,30). The summed E-state index contributed by atoms with van der Waals surface area (Å²) < 4.78 is 30.1. The second-order valence-corrected chi connectivity index (χ2v) is 6.85. The summed E-state index contributed by atoms with van der Waals surface area (Å²) in [6, 6.07) is 12.9.